The predicted octanol–water partition coefficient (Wildman–Crippen LogP) is 3.57. The van der Waals surface area contributed by atoms with Crippen LogP contribution in [0.2, 0.25) is 0 Å². The van der Waals surface area contributed by atoms with E-state index >= 15 is 0 Å². The molecule has 2 heteroatoms. The molecule has 1 nitrogen and oxygen atoms in total. The zero-order chi connectivity index (χ0) is 11.6. The minimum absolute atomic E-state index is 0.271. The summed E-state index contributed by atoms with van der Waals surface area (Å²) in [7, 11) is -0.872. The van der Waals surface area contributed by atoms with Crippen molar-refractivity contribution >= 4 is 10.8 Å². The highest BCUT2D eigenvalue weighted by Gasteiger charge is 2.21. The Hall–Kier alpha value is -0.630. The van der Waals surface area contributed by atoms with Crippen molar-refractivity contribution in [1.82, 2.24) is 0 Å². The fourth-order valence-corrected chi connectivity index (χ4v) is 1.97. The minimum Gasteiger partial charge on any atom is -0.255 e. The van der Waals surface area contributed by atoms with E-state index in [-0.39, 0.29) is 5.41 Å². The van der Waals surface area contributed by atoms with Gasteiger partial charge in [0.15, 0.2) is 0 Å². The van der Waals surface area contributed by atoms with E-state index < -0.39 is 10.8 Å². The first-order valence-corrected chi connectivity index (χ1v) is 6.81. The second-order valence-corrected chi connectivity index (χ2v) is 6.49. The zero-order valence-corrected chi connectivity index (χ0v) is 11.0. The summed E-state index contributed by atoms with van der Waals surface area (Å²) in [5.41, 5.74) is 1.59. The lowest BCUT2D eigenvalue weighted by atomic mass is 9.78. The zero-order valence-electron chi connectivity index (χ0n) is 10.2. The van der Waals surface area contributed by atoms with E-state index in [0.29, 0.717) is 5.92 Å². The highest BCUT2D eigenvalue weighted by molar-refractivity contribution is 7.84. The first-order valence-electron chi connectivity index (χ1n) is 5.26. The molecule has 0 N–H and O–H groups in total. The lowest BCUT2D eigenvalue weighted by Crippen LogP contribution is -2.15. The summed E-state index contributed by atoms with van der Waals surface area (Å²) in [5.74, 6) is 0.511. The van der Waals surface area contributed by atoms with Gasteiger partial charge in [-0.1, -0.05) is 39.8 Å². The third kappa shape index (κ3) is 3.16. The molecule has 15 heavy (non-hydrogen) atoms. The van der Waals surface area contributed by atoms with Crippen molar-refractivity contribution in [1.29, 1.82) is 0 Å². The van der Waals surface area contributed by atoms with Crippen LogP contribution in [-0.4, -0.2) is 10.5 Å². The topological polar surface area (TPSA) is 17.1 Å². The molecule has 0 aliphatic heterocycles. The maximum Gasteiger partial charge on any atom is 0.0498 e. The van der Waals surface area contributed by atoms with Gasteiger partial charge in [0.05, 0.1) is 0 Å². The van der Waals surface area contributed by atoms with Crippen LogP contribution < -0.4 is 0 Å². The monoisotopic (exact) mass is 224 g/mol. The lowest BCUT2D eigenvalue weighted by Gasteiger charge is -2.27. The van der Waals surface area contributed by atoms with Gasteiger partial charge in [0.2, 0.25) is 0 Å². The highest BCUT2D eigenvalue weighted by Crippen LogP contribution is 2.34. The molecule has 0 aromatic heterocycles. The Morgan fingerprint density at radius 1 is 1.13 bits per heavy atom. The summed E-state index contributed by atoms with van der Waals surface area (Å²) in [5, 5.41) is 0. The van der Waals surface area contributed by atoms with Crippen molar-refractivity contribution < 1.29 is 4.21 Å². The first-order chi connectivity index (χ1) is 6.82. The number of hydrogen-bond donors (Lipinski definition) is 0. The maximum atomic E-state index is 11.2. The van der Waals surface area contributed by atoms with Crippen LogP contribution >= 0.6 is 0 Å². The quantitative estimate of drug-likeness (QED) is 0.750. The summed E-state index contributed by atoms with van der Waals surface area (Å²) < 4.78 is 11.2. The Labute approximate surface area is 95.4 Å². The molecule has 0 amide bonds. The molecular weight excluding hydrogens is 204 g/mol. The molecule has 1 aromatic carbocycles. The number of rotatable bonds is 2. The number of benzene rings is 1. The van der Waals surface area contributed by atoms with Crippen LogP contribution in [0.25, 0.3) is 0 Å². The third-order valence-electron chi connectivity index (χ3n) is 3.01. The summed E-state index contributed by atoms with van der Waals surface area (Å²) in [4.78, 5) is 0.903. The van der Waals surface area contributed by atoms with Gasteiger partial charge >= 0.3 is 0 Å². The molecular formula is C13H20OS. The van der Waals surface area contributed by atoms with Gasteiger partial charge in [0.25, 0.3) is 0 Å². The van der Waals surface area contributed by atoms with Gasteiger partial charge in [-0.3, -0.25) is 4.21 Å². The van der Waals surface area contributed by atoms with E-state index in [1.807, 2.05) is 12.1 Å². The standard InChI is InChI=1S/C13H20OS/c1-10(13(2,3)4)11-6-8-12(9-7-11)15(5)14/h6-10H,1-5H3. The average Bonchev–Trinajstić information content (AvgIpc) is 2.15. The van der Waals surface area contributed by atoms with Crippen molar-refractivity contribution in [2.45, 2.75) is 38.5 Å². The molecule has 0 saturated carbocycles. The van der Waals surface area contributed by atoms with Gasteiger partial charge in [-0.25, -0.2) is 0 Å². The lowest BCUT2D eigenvalue weighted by molar-refractivity contribution is 0.339. The van der Waals surface area contributed by atoms with E-state index in [2.05, 4.69) is 39.8 Å². The molecule has 2 atom stereocenters. The Balaban J connectivity index is 2.94. The molecule has 1 aromatic rings. The normalized spacial score (nSPS) is 16.1. The molecule has 1 rings (SSSR count). The van der Waals surface area contributed by atoms with Gasteiger partial charge in [-0.05, 0) is 29.0 Å². The smallest absolute Gasteiger partial charge is 0.0498 e. The van der Waals surface area contributed by atoms with Crippen LogP contribution in [0, 0.1) is 5.41 Å². The summed E-state index contributed by atoms with van der Waals surface area (Å²) >= 11 is 0. The summed E-state index contributed by atoms with van der Waals surface area (Å²) in [6.07, 6.45) is 1.71. The van der Waals surface area contributed by atoms with Crippen molar-refractivity contribution in [3.05, 3.63) is 29.8 Å². The van der Waals surface area contributed by atoms with E-state index in [9.17, 15) is 4.21 Å². The van der Waals surface area contributed by atoms with Crippen LogP contribution in [0.15, 0.2) is 29.2 Å². The van der Waals surface area contributed by atoms with E-state index in [0.717, 1.165) is 4.90 Å². The molecule has 84 valence electrons. The van der Waals surface area contributed by atoms with E-state index in [1.165, 1.54) is 5.56 Å². The third-order valence-corrected chi connectivity index (χ3v) is 3.95. The Morgan fingerprint density at radius 2 is 1.60 bits per heavy atom. The Morgan fingerprint density at radius 3 is 1.93 bits per heavy atom. The highest BCUT2D eigenvalue weighted by atomic mass is 32.2. The van der Waals surface area contributed by atoms with E-state index in [1.54, 1.807) is 6.26 Å². The fraction of sp³-hybridized carbons (Fsp3) is 0.538. The molecule has 0 spiro atoms. The average molecular weight is 224 g/mol. The van der Waals surface area contributed by atoms with Crippen molar-refractivity contribution in [3.63, 3.8) is 0 Å². The van der Waals surface area contributed by atoms with Gasteiger partial charge in [-0.2, -0.15) is 0 Å². The van der Waals surface area contributed by atoms with Crippen molar-refractivity contribution in [2.75, 3.05) is 6.26 Å². The van der Waals surface area contributed by atoms with Gasteiger partial charge < -0.3 is 0 Å². The van der Waals surface area contributed by atoms with Crippen LogP contribution in [-0.2, 0) is 10.8 Å². The fourth-order valence-electron chi connectivity index (χ4n) is 1.45. The summed E-state index contributed by atoms with van der Waals surface area (Å²) in [6, 6.07) is 8.11. The van der Waals surface area contributed by atoms with E-state index in [4.69, 9.17) is 0 Å². The molecule has 2 unspecified atom stereocenters. The second-order valence-electron chi connectivity index (χ2n) is 5.11. The number of hydrogen-bond acceptors (Lipinski definition) is 1. The van der Waals surface area contributed by atoms with Gasteiger partial charge in [0.1, 0.15) is 0 Å². The van der Waals surface area contributed by atoms with Gasteiger partial charge in [0, 0.05) is 22.0 Å². The van der Waals surface area contributed by atoms with Crippen molar-refractivity contribution in [3.8, 4) is 0 Å². The minimum atomic E-state index is -0.872. The Kier molecular flexibility index (Phi) is 3.72. The van der Waals surface area contributed by atoms with Crippen LogP contribution in [0.4, 0.5) is 0 Å². The predicted molar refractivity (Wildman–Crippen MR) is 66.6 cm³/mol. The molecule has 0 radical (unpaired) electrons. The Bertz CT molecular complexity index is 346. The molecule has 0 bridgehead atoms. The van der Waals surface area contributed by atoms with Gasteiger partial charge in [-0.15, -0.1) is 0 Å². The van der Waals surface area contributed by atoms with Crippen LogP contribution in [0.3, 0.4) is 0 Å². The largest absolute Gasteiger partial charge is 0.255 e. The first kappa shape index (κ1) is 12.4. The molecule has 0 heterocycles. The van der Waals surface area contributed by atoms with Crippen molar-refractivity contribution in [2.24, 2.45) is 5.41 Å². The summed E-state index contributed by atoms with van der Waals surface area (Å²) in [6.45, 7) is 8.95. The molecule has 0 fully saturated rings. The van der Waals surface area contributed by atoms with Crippen LogP contribution in [0.5, 0.6) is 0 Å². The SMILES string of the molecule is CC(c1ccc(S(C)=O)cc1)C(C)(C)C. The maximum absolute atomic E-state index is 11.2. The van der Waals surface area contributed by atoms with Crippen LogP contribution in [0.1, 0.15) is 39.2 Å². The molecule has 0 saturated heterocycles. The molecule has 0 aliphatic rings. The molecule has 0 aliphatic carbocycles. The second kappa shape index (κ2) is 4.48.